The van der Waals surface area contributed by atoms with Crippen LogP contribution in [-0.2, 0) is 9.59 Å². The number of amides is 2. The Labute approximate surface area is 154 Å². The van der Waals surface area contributed by atoms with E-state index >= 15 is 0 Å². The smallest absolute Gasteiger partial charge is 0.229 e. The predicted octanol–water partition coefficient (Wildman–Crippen LogP) is 1.45. The van der Waals surface area contributed by atoms with E-state index < -0.39 is 0 Å². The van der Waals surface area contributed by atoms with Gasteiger partial charge in [-0.05, 0) is 31.3 Å². The fourth-order valence-corrected chi connectivity index (χ4v) is 2.63. The lowest BCUT2D eigenvalue weighted by molar-refractivity contribution is -0.147. The number of hydrogen-bond acceptors (Lipinski definition) is 4. The number of nitrogens with zero attached hydrogens (tertiary/aromatic N) is 2. The number of imide groups is 1. The number of unbranched alkanes of at least 4 members (excludes halogenated alkanes) is 1. The van der Waals surface area contributed by atoms with Gasteiger partial charge in [0, 0.05) is 39.5 Å². The van der Waals surface area contributed by atoms with Gasteiger partial charge in [-0.3, -0.25) is 19.5 Å². The van der Waals surface area contributed by atoms with Crippen LogP contribution in [0.3, 0.4) is 0 Å². The monoisotopic (exact) mass is 442 g/mol. The van der Waals surface area contributed by atoms with Crippen molar-refractivity contribution >= 4 is 53.5 Å². The van der Waals surface area contributed by atoms with Gasteiger partial charge in [0.1, 0.15) is 0 Å². The first-order valence-corrected chi connectivity index (χ1v) is 8.85. The molecule has 0 aromatic rings. The van der Waals surface area contributed by atoms with E-state index in [0.717, 1.165) is 18.9 Å². The Morgan fingerprint density at radius 2 is 1.82 bits per heavy atom. The summed E-state index contributed by atoms with van der Waals surface area (Å²) in [5, 5.41) is 6.37. The molecule has 0 aliphatic carbocycles. The van der Waals surface area contributed by atoms with Crippen LogP contribution in [0.2, 0.25) is 0 Å². The summed E-state index contributed by atoms with van der Waals surface area (Å²) < 4.78 is 0. The molecule has 1 saturated heterocycles. The molecule has 22 heavy (non-hydrogen) atoms. The van der Waals surface area contributed by atoms with Crippen molar-refractivity contribution in [3.63, 3.8) is 0 Å². The third-order valence-electron chi connectivity index (χ3n) is 3.30. The van der Waals surface area contributed by atoms with Crippen LogP contribution in [0.4, 0.5) is 0 Å². The molecule has 128 valence electrons. The number of halogens is 1. The molecule has 0 radical (unpaired) electrons. The second-order valence-corrected chi connectivity index (χ2v) is 5.90. The fraction of sp³-hybridized carbons (Fsp3) is 0.786. The minimum Gasteiger partial charge on any atom is -0.356 e. The first-order valence-electron chi connectivity index (χ1n) is 7.45. The molecule has 2 amide bonds. The summed E-state index contributed by atoms with van der Waals surface area (Å²) in [4.78, 5) is 28.8. The molecule has 0 saturated carbocycles. The number of piperidine rings is 1. The SMILES string of the molecule is CN=C(NCCCCSC)NCCN1C(=O)CCCC1=O.I. The highest BCUT2D eigenvalue weighted by molar-refractivity contribution is 14.0. The molecule has 0 spiro atoms. The predicted molar refractivity (Wildman–Crippen MR) is 103 cm³/mol. The van der Waals surface area contributed by atoms with Gasteiger partial charge in [0.15, 0.2) is 5.96 Å². The summed E-state index contributed by atoms with van der Waals surface area (Å²) >= 11 is 1.85. The molecule has 1 heterocycles. The maximum Gasteiger partial charge on any atom is 0.229 e. The van der Waals surface area contributed by atoms with Crippen molar-refractivity contribution in [2.75, 3.05) is 38.7 Å². The van der Waals surface area contributed by atoms with Crippen LogP contribution in [0.1, 0.15) is 32.1 Å². The van der Waals surface area contributed by atoms with E-state index in [4.69, 9.17) is 0 Å². The first-order chi connectivity index (χ1) is 10.2. The second kappa shape index (κ2) is 13.0. The number of hydrogen-bond donors (Lipinski definition) is 2. The van der Waals surface area contributed by atoms with Crippen LogP contribution in [-0.4, -0.2) is 61.4 Å². The first kappa shape index (κ1) is 21.5. The molecule has 1 aliphatic rings. The maximum atomic E-state index is 11.7. The number of likely N-dealkylation sites (tertiary alicyclic amines) is 1. The maximum absolute atomic E-state index is 11.7. The van der Waals surface area contributed by atoms with Gasteiger partial charge in [0.05, 0.1) is 0 Å². The highest BCUT2D eigenvalue weighted by Gasteiger charge is 2.25. The molecule has 0 aromatic heterocycles. The van der Waals surface area contributed by atoms with Crippen LogP contribution in [0, 0.1) is 0 Å². The molecule has 0 bridgehead atoms. The van der Waals surface area contributed by atoms with Crippen molar-refractivity contribution in [1.29, 1.82) is 0 Å². The highest BCUT2D eigenvalue weighted by Crippen LogP contribution is 2.11. The number of aliphatic imine (C=N–C) groups is 1. The second-order valence-electron chi connectivity index (χ2n) is 4.92. The van der Waals surface area contributed by atoms with Gasteiger partial charge in [-0.1, -0.05) is 0 Å². The average molecular weight is 442 g/mol. The van der Waals surface area contributed by atoms with Gasteiger partial charge in [-0.2, -0.15) is 11.8 Å². The van der Waals surface area contributed by atoms with E-state index in [-0.39, 0.29) is 35.8 Å². The standard InChI is InChI=1S/C14H26N4O2S.HI/c1-15-14(16-8-3-4-11-21-2)17-9-10-18-12(19)6-5-7-13(18)20;/h3-11H2,1-2H3,(H2,15,16,17);1H. The van der Waals surface area contributed by atoms with Crippen LogP contribution < -0.4 is 10.6 Å². The zero-order chi connectivity index (χ0) is 15.5. The van der Waals surface area contributed by atoms with Gasteiger partial charge >= 0.3 is 0 Å². The molecule has 0 unspecified atom stereocenters. The van der Waals surface area contributed by atoms with Gasteiger partial charge < -0.3 is 10.6 Å². The molecular weight excluding hydrogens is 415 g/mol. The normalized spacial score (nSPS) is 15.5. The van der Waals surface area contributed by atoms with E-state index in [2.05, 4.69) is 21.9 Å². The van der Waals surface area contributed by atoms with Crippen LogP contribution in [0.25, 0.3) is 0 Å². The molecular formula is C14H27IN4O2S. The van der Waals surface area contributed by atoms with Crippen LogP contribution in [0.15, 0.2) is 4.99 Å². The van der Waals surface area contributed by atoms with Crippen LogP contribution >= 0.6 is 35.7 Å². The van der Waals surface area contributed by atoms with Crippen molar-refractivity contribution in [2.24, 2.45) is 4.99 Å². The summed E-state index contributed by atoms with van der Waals surface area (Å²) in [5.74, 6) is 1.77. The minimum atomic E-state index is -0.0620. The largest absolute Gasteiger partial charge is 0.356 e. The highest BCUT2D eigenvalue weighted by atomic mass is 127. The van der Waals surface area contributed by atoms with E-state index in [0.29, 0.717) is 32.4 Å². The fourth-order valence-electron chi connectivity index (χ4n) is 2.13. The summed E-state index contributed by atoms with van der Waals surface area (Å²) in [5.41, 5.74) is 0. The van der Waals surface area contributed by atoms with Crippen molar-refractivity contribution < 1.29 is 9.59 Å². The Balaban J connectivity index is 0.00000441. The van der Waals surface area contributed by atoms with Crippen molar-refractivity contribution in [1.82, 2.24) is 15.5 Å². The Morgan fingerprint density at radius 3 is 2.41 bits per heavy atom. The molecule has 1 fully saturated rings. The summed E-state index contributed by atoms with van der Waals surface area (Å²) in [7, 11) is 1.72. The van der Waals surface area contributed by atoms with Gasteiger partial charge in [0.2, 0.25) is 11.8 Å². The molecule has 2 N–H and O–H groups in total. The zero-order valence-corrected chi connectivity index (χ0v) is 16.5. The number of carbonyl (C=O) groups excluding carboxylic acids is 2. The molecule has 0 aromatic carbocycles. The van der Waals surface area contributed by atoms with Crippen molar-refractivity contribution in [3.05, 3.63) is 0 Å². The third kappa shape index (κ3) is 8.21. The number of carbonyl (C=O) groups is 2. The average Bonchev–Trinajstić information content (AvgIpc) is 2.48. The summed E-state index contributed by atoms with van der Waals surface area (Å²) in [6.07, 6.45) is 6.03. The Hall–Kier alpha value is -0.510. The van der Waals surface area contributed by atoms with Crippen LogP contribution in [0.5, 0.6) is 0 Å². The molecule has 8 heteroatoms. The number of guanidine groups is 1. The van der Waals surface area contributed by atoms with Crippen molar-refractivity contribution in [3.8, 4) is 0 Å². The zero-order valence-electron chi connectivity index (χ0n) is 13.4. The molecule has 6 nitrogen and oxygen atoms in total. The Morgan fingerprint density at radius 1 is 1.18 bits per heavy atom. The summed E-state index contributed by atoms with van der Waals surface area (Å²) in [6.45, 7) is 1.81. The Bertz CT molecular complexity index is 364. The third-order valence-corrected chi connectivity index (χ3v) is 4.00. The topological polar surface area (TPSA) is 73.8 Å². The van der Waals surface area contributed by atoms with Gasteiger partial charge in [0.25, 0.3) is 0 Å². The Kier molecular flexibility index (Phi) is 12.7. The molecule has 0 atom stereocenters. The lowest BCUT2D eigenvalue weighted by Gasteiger charge is -2.25. The lowest BCUT2D eigenvalue weighted by Crippen LogP contribution is -2.46. The summed E-state index contributed by atoms with van der Waals surface area (Å²) in [6, 6.07) is 0. The lowest BCUT2D eigenvalue weighted by atomic mass is 10.1. The molecule has 1 rings (SSSR count). The minimum absolute atomic E-state index is 0. The number of nitrogens with one attached hydrogen (secondary N) is 2. The van der Waals surface area contributed by atoms with Gasteiger partial charge in [-0.15, -0.1) is 24.0 Å². The van der Waals surface area contributed by atoms with E-state index in [9.17, 15) is 9.59 Å². The number of rotatable bonds is 8. The van der Waals surface area contributed by atoms with Gasteiger partial charge in [-0.25, -0.2) is 0 Å². The van der Waals surface area contributed by atoms with Crippen molar-refractivity contribution in [2.45, 2.75) is 32.1 Å². The van der Waals surface area contributed by atoms with E-state index in [1.807, 2.05) is 11.8 Å². The van der Waals surface area contributed by atoms with E-state index in [1.54, 1.807) is 7.05 Å². The number of thioether (sulfide) groups is 1. The molecule has 1 aliphatic heterocycles. The van der Waals surface area contributed by atoms with E-state index in [1.165, 1.54) is 17.1 Å². The quantitative estimate of drug-likeness (QED) is 0.196.